The first-order chi connectivity index (χ1) is 21.0. The molecule has 3 aliphatic rings. The van der Waals surface area contributed by atoms with Crippen molar-refractivity contribution < 1.29 is 32.7 Å². The number of rotatable bonds is 7. The molecule has 0 saturated carbocycles. The monoisotopic (exact) mass is 627 g/mol. The van der Waals surface area contributed by atoms with Gasteiger partial charge in [0.1, 0.15) is 6.04 Å². The van der Waals surface area contributed by atoms with Gasteiger partial charge in [0, 0.05) is 48.6 Å². The molecule has 44 heavy (non-hydrogen) atoms. The van der Waals surface area contributed by atoms with Gasteiger partial charge in [-0.2, -0.15) is 8.78 Å². The Morgan fingerprint density at radius 3 is 2.57 bits per heavy atom. The number of halogens is 2. The van der Waals surface area contributed by atoms with Crippen molar-refractivity contribution in [3.8, 4) is 0 Å². The molecule has 0 spiro atoms. The van der Waals surface area contributed by atoms with Crippen molar-refractivity contribution >= 4 is 30.2 Å². The molecular weight excluding hydrogens is 591 g/mol. The number of pyridine rings is 1. The summed E-state index contributed by atoms with van der Waals surface area (Å²) in [5.74, 6) is -0.285. The molecule has 13 heteroatoms. The minimum Gasteiger partial charge on any atom is -0.340 e. The second-order valence-electron chi connectivity index (χ2n) is 12.0. The molecule has 2 amide bonds. The maximum atomic E-state index is 14.3. The molecule has 0 aliphatic carbocycles. The minimum absolute atomic E-state index is 0.0891. The molecule has 4 heterocycles. The zero-order valence-electron chi connectivity index (χ0n) is 24.1. The van der Waals surface area contributed by atoms with Crippen LogP contribution in [0.1, 0.15) is 72.3 Å². The van der Waals surface area contributed by atoms with Gasteiger partial charge >= 0.3 is 13.3 Å². The Morgan fingerprint density at radius 1 is 1.00 bits per heavy atom. The lowest BCUT2D eigenvalue weighted by Crippen LogP contribution is -2.58. The lowest BCUT2D eigenvalue weighted by molar-refractivity contribution is -0.139. The molecule has 1 unspecified atom stereocenters. The van der Waals surface area contributed by atoms with Gasteiger partial charge in [0.05, 0.1) is 6.17 Å². The number of alkyl halides is 2. The van der Waals surface area contributed by atoms with Crippen LogP contribution in [-0.4, -0.2) is 67.8 Å². The van der Waals surface area contributed by atoms with Gasteiger partial charge in [-0.3, -0.25) is 19.1 Å². The maximum absolute atomic E-state index is 14.3. The number of nitrogens with zero attached hydrogens (tertiary/aromatic N) is 3. The third kappa shape index (κ3) is 6.14. The maximum Gasteiger partial charge on any atom is 0.399 e. The number of hydrogen-bond donors (Lipinski definition) is 4. The fraction of sp³-hybridized carbons (Fsp3) is 0.452. The zero-order valence-corrected chi connectivity index (χ0v) is 25.0. The van der Waals surface area contributed by atoms with E-state index in [-0.39, 0.29) is 29.1 Å². The van der Waals surface area contributed by atoms with Gasteiger partial charge in [0.2, 0.25) is 5.91 Å². The Labute approximate surface area is 254 Å². The van der Waals surface area contributed by atoms with Crippen molar-refractivity contribution in [3.05, 3.63) is 77.6 Å². The van der Waals surface area contributed by atoms with E-state index in [4.69, 9.17) is 9.79 Å². The van der Waals surface area contributed by atoms with Crippen LogP contribution in [-0.2, 0) is 15.0 Å². The third-order valence-electron chi connectivity index (χ3n) is 9.13. The lowest BCUT2D eigenvalue weighted by Gasteiger charge is -2.37. The van der Waals surface area contributed by atoms with Gasteiger partial charge in [0.25, 0.3) is 5.91 Å². The van der Waals surface area contributed by atoms with E-state index in [1.54, 1.807) is 18.3 Å². The van der Waals surface area contributed by atoms with Gasteiger partial charge < -0.3 is 20.0 Å². The van der Waals surface area contributed by atoms with Crippen molar-refractivity contribution in [2.75, 3.05) is 13.1 Å². The largest absolute Gasteiger partial charge is 0.399 e. The number of carbonyl (C=O) groups is 2. The van der Waals surface area contributed by atoms with Crippen LogP contribution in [0.2, 0.25) is 0 Å². The van der Waals surface area contributed by atoms with Crippen LogP contribution in [0, 0.1) is 0 Å². The van der Waals surface area contributed by atoms with Crippen LogP contribution < -0.4 is 10.7 Å². The number of fused-ring (bicyclic) bond motifs is 2. The summed E-state index contributed by atoms with van der Waals surface area (Å²) in [6.07, 6.45) is 9.31. The van der Waals surface area contributed by atoms with Crippen molar-refractivity contribution in [2.45, 2.75) is 74.8 Å². The van der Waals surface area contributed by atoms with E-state index in [9.17, 15) is 22.9 Å². The number of nitrogens with one attached hydrogen (secondary N) is 2. The average Bonchev–Trinajstić information content (AvgIpc) is 3.63. The molecule has 2 aromatic carbocycles. The molecular formula is C31H36F2N5O5P. The Kier molecular flexibility index (Phi) is 8.56. The van der Waals surface area contributed by atoms with Gasteiger partial charge in [0.15, 0.2) is 0 Å². The summed E-state index contributed by atoms with van der Waals surface area (Å²) in [6, 6.07) is 11.2. The fourth-order valence-corrected chi connectivity index (χ4v) is 7.23. The Morgan fingerprint density at radius 2 is 1.80 bits per heavy atom. The molecule has 4 atom stereocenters. The van der Waals surface area contributed by atoms with E-state index in [0.29, 0.717) is 17.7 Å². The number of hydrogen-bond acceptors (Lipinski definition) is 6. The van der Waals surface area contributed by atoms with E-state index in [0.717, 1.165) is 63.7 Å². The molecule has 6 rings (SSSR count). The Bertz CT molecular complexity index is 1590. The smallest absolute Gasteiger partial charge is 0.340 e. The SMILES string of the molecule is O=C(N[C@H]1CCCC[C@H]2CC[C@@H](NN3CCC(c4cccnc4)C3)N2C1=O)c1ccc2ccc(C(F)(F)P(=O)(O)O)cc2c1. The summed E-state index contributed by atoms with van der Waals surface area (Å²) < 4.78 is 40.1. The first-order valence-corrected chi connectivity index (χ1v) is 16.6. The molecule has 10 nitrogen and oxygen atoms in total. The number of hydrazine groups is 1. The highest BCUT2D eigenvalue weighted by molar-refractivity contribution is 7.52. The summed E-state index contributed by atoms with van der Waals surface area (Å²) in [6.45, 7) is 1.67. The molecule has 1 aromatic heterocycles. The van der Waals surface area contributed by atoms with Crippen molar-refractivity contribution in [1.29, 1.82) is 0 Å². The van der Waals surface area contributed by atoms with Crippen LogP contribution in [0.15, 0.2) is 60.9 Å². The standard InChI is InChI=1S/C31H36F2N5O5P/c32-31(33,44(41,42)43)25-10-9-20-7-8-21(16-24(20)17-25)29(39)35-27-6-2-1-5-26-11-12-28(38(26)30(27)40)36-37-15-13-23(19-37)22-4-3-14-34-18-22/h3-4,7-10,14,16-18,23,26-28,36H,1-2,5-6,11-13,15,19H2,(H,35,39)(H2,41,42,43)/t23?,26-,27-,28-/m0/s1. The van der Waals surface area contributed by atoms with E-state index < -0.39 is 30.8 Å². The minimum atomic E-state index is -5.75. The van der Waals surface area contributed by atoms with Gasteiger partial charge in [-0.25, -0.2) is 10.4 Å². The van der Waals surface area contributed by atoms with Crippen LogP contribution in [0.3, 0.4) is 0 Å². The summed E-state index contributed by atoms with van der Waals surface area (Å²) >= 11 is 0. The van der Waals surface area contributed by atoms with E-state index >= 15 is 0 Å². The zero-order chi connectivity index (χ0) is 31.1. The number of carbonyl (C=O) groups excluding carboxylic acids is 2. The molecule has 3 aliphatic heterocycles. The molecule has 3 fully saturated rings. The first-order valence-electron chi connectivity index (χ1n) is 15.0. The van der Waals surface area contributed by atoms with Gasteiger partial charge in [-0.05, 0) is 72.7 Å². The second kappa shape index (κ2) is 12.3. The van der Waals surface area contributed by atoms with Gasteiger partial charge in [-0.15, -0.1) is 0 Å². The predicted octanol–water partition coefficient (Wildman–Crippen LogP) is 4.45. The van der Waals surface area contributed by atoms with E-state index in [1.807, 2.05) is 17.2 Å². The van der Waals surface area contributed by atoms with Crippen molar-refractivity contribution in [3.63, 3.8) is 0 Å². The van der Waals surface area contributed by atoms with E-state index in [1.165, 1.54) is 17.7 Å². The summed E-state index contributed by atoms with van der Waals surface area (Å²) in [5.41, 5.74) is -0.243. The van der Waals surface area contributed by atoms with Crippen LogP contribution in [0.4, 0.5) is 8.78 Å². The molecule has 3 aromatic rings. The van der Waals surface area contributed by atoms with Crippen molar-refractivity contribution in [1.82, 2.24) is 25.6 Å². The average molecular weight is 628 g/mol. The topological polar surface area (TPSA) is 135 Å². The number of amides is 2. The lowest BCUT2D eigenvalue weighted by atomic mass is 9.98. The molecule has 4 N–H and O–H groups in total. The highest BCUT2D eigenvalue weighted by Crippen LogP contribution is 2.59. The summed E-state index contributed by atoms with van der Waals surface area (Å²) in [5, 5.41) is 5.83. The quantitative estimate of drug-likeness (QED) is 0.283. The summed E-state index contributed by atoms with van der Waals surface area (Å²) in [4.78, 5) is 51.8. The predicted molar refractivity (Wildman–Crippen MR) is 160 cm³/mol. The normalized spacial score (nSPS) is 25.1. The van der Waals surface area contributed by atoms with Gasteiger partial charge in [-0.1, -0.05) is 37.1 Å². The molecule has 0 bridgehead atoms. The van der Waals surface area contributed by atoms with Crippen LogP contribution in [0.5, 0.6) is 0 Å². The number of benzene rings is 2. The van der Waals surface area contributed by atoms with E-state index in [2.05, 4.69) is 26.8 Å². The second-order valence-corrected chi connectivity index (χ2v) is 13.7. The molecule has 234 valence electrons. The van der Waals surface area contributed by atoms with Crippen molar-refractivity contribution in [2.24, 2.45) is 0 Å². The first kappa shape index (κ1) is 30.7. The Balaban J connectivity index is 1.16. The summed E-state index contributed by atoms with van der Waals surface area (Å²) in [7, 11) is -5.75. The highest BCUT2D eigenvalue weighted by atomic mass is 31.2. The van der Waals surface area contributed by atoms with Crippen LogP contribution in [0.25, 0.3) is 10.8 Å². The van der Waals surface area contributed by atoms with Crippen LogP contribution >= 0.6 is 7.60 Å². The Hall–Kier alpha value is -3.28. The third-order valence-corrected chi connectivity index (χ3v) is 10.1. The highest BCUT2D eigenvalue weighted by Gasteiger charge is 2.50. The number of aromatic nitrogens is 1. The molecule has 0 radical (unpaired) electrons. The molecule has 3 saturated heterocycles. The fourth-order valence-electron chi connectivity index (χ4n) is 6.76.